The molecular formula is C15H27N5O. The molecule has 0 aromatic heterocycles. The second kappa shape index (κ2) is 5.85. The summed E-state index contributed by atoms with van der Waals surface area (Å²) in [6.45, 7) is 8.17. The third-order valence-corrected chi connectivity index (χ3v) is 5.17. The van der Waals surface area contributed by atoms with Crippen LogP contribution in [0.3, 0.4) is 0 Å². The van der Waals surface area contributed by atoms with E-state index in [0.717, 1.165) is 58.0 Å². The standard InChI is InChI=1S/C15H27N5O/c1-12-2-6-20(7-3-12)15(14(16)21)10-13(11-18-15)19-8-4-17-5-9-19/h11-12,17-18H,2-10H2,1H3,(H2,16,21). The number of likely N-dealkylation sites (tertiary alicyclic amines) is 1. The first-order chi connectivity index (χ1) is 10.1. The molecule has 1 unspecified atom stereocenters. The van der Waals surface area contributed by atoms with Crippen LogP contribution in [0.15, 0.2) is 11.9 Å². The second-order valence-electron chi connectivity index (χ2n) is 6.59. The molecule has 21 heavy (non-hydrogen) atoms. The summed E-state index contributed by atoms with van der Waals surface area (Å²) in [5.41, 5.74) is 6.29. The lowest BCUT2D eigenvalue weighted by Crippen LogP contribution is -2.64. The van der Waals surface area contributed by atoms with Crippen LogP contribution in [0.25, 0.3) is 0 Å². The van der Waals surface area contributed by atoms with Gasteiger partial charge in [0.05, 0.1) is 0 Å². The van der Waals surface area contributed by atoms with Crippen LogP contribution < -0.4 is 16.4 Å². The molecule has 3 aliphatic heterocycles. The predicted octanol–water partition coefficient (Wildman–Crippen LogP) is -0.360. The molecule has 6 heteroatoms. The van der Waals surface area contributed by atoms with E-state index in [1.807, 2.05) is 6.20 Å². The zero-order valence-corrected chi connectivity index (χ0v) is 12.9. The maximum Gasteiger partial charge on any atom is 0.258 e. The molecule has 0 radical (unpaired) electrons. The van der Waals surface area contributed by atoms with Crippen molar-refractivity contribution in [2.24, 2.45) is 11.7 Å². The minimum absolute atomic E-state index is 0.251. The van der Waals surface area contributed by atoms with Crippen molar-refractivity contribution in [2.75, 3.05) is 39.3 Å². The van der Waals surface area contributed by atoms with E-state index in [1.165, 1.54) is 5.70 Å². The van der Waals surface area contributed by atoms with Crippen molar-refractivity contribution in [2.45, 2.75) is 31.8 Å². The van der Waals surface area contributed by atoms with E-state index in [2.05, 4.69) is 27.4 Å². The fourth-order valence-corrected chi connectivity index (χ4v) is 3.63. The molecule has 3 heterocycles. The molecule has 6 nitrogen and oxygen atoms in total. The van der Waals surface area contributed by atoms with Gasteiger partial charge in [-0.3, -0.25) is 9.69 Å². The van der Waals surface area contributed by atoms with E-state index in [0.29, 0.717) is 6.42 Å². The van der Waals surface area contributed by atoms with Crippen LogP contribution in [0.5, 0.6) is 0 Å². The van der Waals surface area contributed by atoms with E-state index in [9.17, 15) is 4.79 Å². The van der Waals surface area contributed by atoms with E-state index in [1.54, 1.807) is 0 Å². The third-order valence-electron chi connectivity index (χ3n) is 5.17. The molecule has 4 N–H and O–H groups in total. The lowest BCUT2D eigenvalue weighted by atomic mass is 9.94. The van der Waals surface area contributed by atoms with Crippen molar-refractivity contribution < 1.29 is 4.79 Å². The third kappa shape index (κ3) is 2.74. The van der Waals surface area contributed by atoms with Crippen LogP contribution in [0, 0.1) is 5.92 Å². The Morgan fingerprint density at radius 1 is 1.29 bits per heavy atom. The van der Waals surface area contributed by atoms with Crippen LogP contribution in [0.2, 0.25) is 0 Å². The summed E-state index contributed by atoms with van der Waals surface area (Å²) in [6.07, 6.45) is 4.98. The zero-order valence-electron chi connectivity index (χ0n) is 12.9. The Balaban J connectivity index is 1.71. The molecule has 3 aliphatic rings. The van der Waals surface area contributed by atoms with Crippen LogP contribution in [0.1, 0.15) is 26.2 Å². The van der Waals surface area contributed by atoms with Crippen molar-refractivity contribution >= 4 is 5.91 Å². The van der Waals surface area contributed by atoms with Crippen molar-refractivity contribution in [1.29, 1.82) is 0 Å². The highest BCUT2D eigenvalue weighted by atomic mass is 16.2. The van der Waals surface area contributed by atoms with Gasteiger partial charge >= 0.3 is 0 Å². The monoisotopic (exact) mass is 293 g/mol. The number of piperazine rings is 1. The topological polar surface area (TPSA) is 73.6 Å². The quantitative estimate of drug-likeness (QED) is 0.663. The molecule has 0 aromatic carbocycles. The zero-order chi connectivity index (χ0) is 14.9. The molecule has 2 fully saturated rings. The van der Waals surface area contributed by atoms with Gasteiger partial charge in [0.25, 0.3) is 5.91 Å². The minimum Gasteiger partial charge on any atom is -0.371 e. The van der Waals surface area contributed by atoms with Gasteiger partial charge in [-0.15, -0.1) is 0 Å². The normalized spacial score (nSPS) is 31.9. The molecule has 2 saturated heterocycles. The number of nitrogens with zero attached hydrogens (tertiary/aromatic N) is 2. The first-order valence-electron chi connectivity index (χ1n) is 8.09. The Kier molecular flexibility index (Phi) is 4.08. The van der Waals surface area contributed by atoms with Crippen LogP contribution in [-0.4, -0.2) is 60.6 Å². The van der Waals surface area contributed by atoms with E-state index in [-0.39, 0.29) is 5.91 Å². The maximum absolute atomic E-state index is 12.2. The first kappa shape index (κ1) is 14.7. The molecule has 118 valence electrons. The largest absolute Gasteiger partial charge is 0.371 e. The average molecular weight is 293 g/mol. The number of nitrogens with one attached hydrogen (secondary N) is 2. The number of amides is 1. The van der Waals surface area contributed by atoms with Gasteiger partial charge in [-0.25, -0.2) is 0 Å². The Morgan fingerprint density at radius 2 is 1.95 bits per heavy atom. The second-order valence-corrected chi connectivity index (χ2v) is 6.59. The van der Waals surface area contributed by atoms with Crippen molar-refractivity contribution in [3.8, 4) is 0 Å². The molecule has 1 amide bonds. The molecule has 0 bridgehead atoms. The number of rotatable bonds is 3. The summed E-state index contributed by atoms with van der Waals surface area (Å²) in [4.78, 5) is 16.8. The number of carbonyl (C=O) groups is 1. The van der Waals surface area contributed by atoms with Crippen molar-refractivity contribution in [3.63, 3.8) is 0 Å². The SMILES string of the molecule is CC1CCN(C2(C(N)=O)CC(N3CCNCC3)=CN2)CC1. The molecule has 3 rings (SSSR count). The van der Waals surface area contributed by atoms with Gasteiger partial charge in [0, 0.05) is 57.6 Å². The van der Waals surface area contributed by atoms with Gasteiger partial charge in [-0.05, 0) is 18.8 Å². The molecule has 0 aliphatic carbocycles. The number of primary amides is 1. The summed E-state index contributed by atoms with van der Waals surface area (Å²) in [7, 11) is 0. The van der Waals surface area contributed by atoms with E-state index < -0.39 is 5.66 Å². The van der Waals surface area contributed by atoms with Gasteiger partial charge in [0.2, 0.25) is 0 Å². The smallest absolute Gasteiger partial charge is 0.258 e. The van der Waals surface area contributed by atoms with E-state index >= 15 is 0 Å². The number of nitrogens with two attached hydrogens (primary N) is 1. The summed E-state index contributed by atoms with van der Waals surface area (Å²) in [5, 5.41) is 6.69. The minimum atomic E-state index is -0.708. The van der Waals surface area contributed by atoms with E-state index in [4.69, 9.17) is 5.73 Å². The molecule has 0 saturated carbocycles. The van der Waals surface area contributed by atoms with Crippen molar-refractivity contribution in [1.82, 2.24) is 20.4 Å². The van der Waals surface area contributed by atoms with Crippen LogP contribution in [-0.2, 0) is 4.79 Å². The fourth-order valence-electron chi connectivity index (χ4n) is 3.63. The van der Waals surface area contributed by atoms with Crippen LogP contribution in [0.4, 0.5) is 0 Å². The number of carbonyl (C=O) groups excluding carboxylic acids is 1. The highest BCUT2D eigenvalue weighted by molar-refractivity contribution is 5.85. The molecule has 0 aromatic rings. The first-order valence-corrected chi connectivity index (χ1v) is 8.09. The lowest BCUT2D eigenvalue weighted by Gasteiger charge is -2.43. The highest BCUT2D eigenvalue weighted by Crippen LogP contribution is 2.32. The van der Waals surface area contributed by atoms with Gasteiger partial charge in [-0.1, -0.05) is 6.92 Å². The van der Waals surface area contributed by atoms with Gasteiger partial charge in [-0.2, -0.15) is 0 Å². The summed E-state index contributed by atoms with van der Waals surface area (Å²) >= 11 is 0. The Hall–Kier alpha value is -1.27. The summed E-state index contributed by atoms with van der Waals surface area (Å²) in [5.74, 6) is 0.492. The Labute approximate surface area is 126 Å². The van der Waals surface area contributed by atoms with Gasteiger partial charge in [0.1, 0.15) is 0 Å². The predicted molar refractivity (Wildman–Crippen MR) is 82.2 cm³/mol. The van der Waals surface area contributed by atoms with Crippen molar-refractivity contribution in [3.05, 3.63) is 11.9 Å². The molecular weight excluding hydrogens is 266 g/mol. The lowest BCUT2D eigenvalue weighted by molar-refractivity contribution is -0.132. The summed E-state index contributed by atoms with van der Waals surface area (Å²) < 4.78 is 0. The maximum atomic E-state index is 12.2. The number of hydrogen-bond donors (Lipinski definition) is 3. The van der Waals surface area contributed by atoms with Gasteiger partial charge < -0.3 is 21.3 Å². The molecule has 0 spiro atoms. The Bertz CT molecular complexity index is 424. The average Bonchev–Trinajstić information content (AvgIpc) is 2.95. The van der Waals surface area contributed by atoms with Crippen LogP contribution >= 0.6 is 0 Å². The highest BCUT2D eigenvalue weighted by Gasteiger charge is 2.47. The fraction of sp³-hybridized carbons (Fsp3) is 0.800. The molecule has 1 atom stereocenters. The summed E-state index contributed by atoms with van der Waals surface area (Å²) in [6, 6.07) is 0. The van der Waals surface area contributed by atoms with Gasteiger partial charge in [0.15, 0.2) is 5.66 Å². The number of piperidine rings is 1. The Morgan fingerprint density at radius 3 is 2.57 bits per heavy atom. The number of hydrogen-bond acceptors (Lipinski definition) is 5.